The number of rotatable bonds is 10. The number of pyridine rings is 1. The average Bonchev–Trinajstić information content (AvgIpc) is 3.22. The molecule has 0 unspecified atom stereocenters. The summed E-state index contributed by atoms with van der Waals surface area (Å²) in [6, 6.07) is 8.27. The molecule has 0 saturated heterocycles. The van der Waals surface area contributed by atoms with Crippen molar-refractivity contribution in [1.82, 2.24) is 9.88 Å². The van der Waals surface area contributed by atoms with Crippen LogP contribution in [0.4, 0.5) is 24.7 Å². The van der Waals surface area contributed by atoms with Crippen LogP contribution < -0.4 is 22.2 Å². The zero-order valence-electron chi connectivity index (χ0n) is 19.8. The van der Waals surface area contributed by atoms with Crippen molar-refractivity contribution in [3.8, 4) is 11.1 Å². The fourth-order valence-corrected chi connectivity index (χ4v) is 4.18. The summed E-state index contributed by atoms with van der Waals surface area (Å²) in [5, 5.41) is 2.93. The highest BCUT2D eigenvalue weighted by molar-refractivity contribution is 6.04. The predicted molar refractivity (Wildman–Crippen MR) is 136 cm³/mol. The molecule has 1 aliphatic rings. The van der Waals surface area contributed by atoms with Crippen molar-refractivity contribution in [2.45, 2.75) is 25.8 Å². The van der Waals surface area contributed by atoms with Crippen LogP contribution in [0.2, 0.25) is 0 Å². The standard InChI is InChI=1S/C26H29F3N6O/c27-20-9-16(3-4-17(20)15-35(7-1-5-30)8-2-6-31)19-14-32-25(13-24(19)36)34-26-11-18-10-21(28)22(29)12-23(18)33-26/h3-4,9-10,12-14H,1-2,5-8,11,15,30-31H2,(H2,32,33,34,36). The number of hydrogen-bond acceptors (Lipinski definition) is 5. The Kier molecular flexibility index (Phi) is 8.19. The lowest BCUT2D eigenvalue weighted by molar-refractivity contribution is 0.258. The second kappa shape index (κ2) is 11.5. The second-order valence-electron chi connectivity index (χ2n) is 8.75. The second-order valence-corrected chi connectivity index (χ2v) is 8.75. The molecule has 0 spiro atoms. The quantitative estimate of drug-likeness (QED) is 0.341. The molecule has 1 aliphatic heterocycles. The Morgan fingerprint density at radius 3 is 2.33 bits per heavy atom. The minimum Gasteiger partial charge on any atom is -0.346 e. The molecule has 0 bridgehead atoms. The Hall–Kier alpha value is -3.47. The van der Waals surface area contributed by atoms with E-state index in [4.69, 9.17) is 11.5 Å². The van der Waals surface area contributed by atoms with Gasteiger partial charge >= 0.3 is 0 Å². The first-order valence-corrected chi connectivity index (χ1v) is 11.8. The molecular weight excluding hydrogens is 469 g/mol. The van der Waals surface area contributed by atoms with Gasteiger partial charge in [0.25, 0.3) is 0 Å². The van der Waals surface area contributed by atoms with Gasteiger partial charge in [-0.25, -0.2) is 18.2 Å². The number of nitrogens with one attached hydrogen (secondary N) is 2. The van der Waals surface area contributed by atoms with E-state index in [1.165, 1.54) is 18.3 Å². The topological polar surface area (TPSA) is 113 Å². The zero-order chi connectivity index (χ0) is 25.7. The summed E-state index contributed by atoms with van der Waals surface area (Å²) in [5.74, 6) is -1.55. The highest BCUT2D eigenvalue weighted by Gasteiger charge is 2.19. The van der Waals surface area contributed by atoms with Crippen LogP contribution in [0.5, 0.6) is 0 Å². The van der Waals surface area contributed by atoms with Gasteiger partial charge in [0.05, 0.1) is 0 Å². The predicted octanol–water partition coefficient (Wildman–Crippen LogP) is 3.66. The third-order valence-corrected chi connectivity index (χ3v) is 6.05. The summed E-state index contributed by atoms with van der Waals surface area (Å²) >= 11 is 0. The lowest BCUT2D eigenvalue weighted by Gasteiger charge is -2.22. The smallest absolute Gasteiger partial charge is 0.191 e. The molecule has 0 fully saturated rings. The van der Waals surface area contributed by atoms with Gasteiger partial charge in [0.2, 0.25) is 0 Å². The van der Waals surface area contributed by atoms with Crippen molar-refractivity contribution in [2.75, 3.05) is 31.5 Å². The highest BCUT2D eigenvalue weighted by atomic mass is 19.2. The molecule has 7 nitrogen and oxygen atoms in total. The Morgan fingerprint density at radius 1 is 0.944 bits per heavy atom. The minimum absolute atomic E-state index is 0.271. The maximum absolute atomic E-state index is 14.9. The van der Waals surface area contributed by atoms with Gasteiger partial charge in [-0.15, -0.1) is 0 Å². The van der Waals surface area contributed by atoms with Gasteiger partial charge in [-0.1, -0.05) is 12.1 Å². The number of hydrogen-bond donors (Lipinski definition) is 4. The van der Waals surface area contributed by atoms with Crippen LogP contribution in [0.15, 0.2) is 52.4 Å². The van der Waals surface area contributed by atoms with Gasteiger partial charge in [-0.3, -0.25) is 9.69 Å². The number of nitrogens with zero attached hydrogens (tertiary/aromatic N) is 2. The number of aliphatic imine (C=N–C) groups is 1. The van der Waals surface area contributed by atoms with Crippen molar-refractivity contribution < 1.29 is 13.2 Å². The summed E-state index contributed by atoms with van der Waals surface area (Å²) in [4.78, 5) is 22.2. The molecule has 0 radical (unpaired) electrons. The van der Waals surface area contributed by atoms with Crippen LogP contribution in [0.25, 0.3) is 11.1 Å². The van der Waals surface area contributed by atoms with E-state index < -0.39 is 17.5 Å². The minimum atomic E-state index is -0.947. The van der Waals surface area contributed by atoms with Crippen LogP contribution >= 0.6 is 0 Å². The number of aromatic amines is 1. The molecule has 1 aromatic heterocycles. The van der Waals surface area contributed by atoms with Gasteiger partial charge < -0.3 is 21.8 Å². The number of amidine groups is 1. The van der Waals surface area contributed by atoms with E-state index in [1.54, 1.807) is 12.1 Å². The Labute approximate surface area is 207 Å². The number of aromatic nitrogens is 1. The average molecular weight is 499 g/mol. The monoisotopic (exact) mass is 498 g/mol. The molecule has 0 aliphatic carbocycles. The number of halogens is 3. The maximum Gasteiger partial charge on any atom is 0.191 e. The van der Waals surface area contributed by atoms with Gasteiger partial charge in [0.15, 0.2) is 17.1 Å². The molecule has 0 saturated carbocycles. The van der Waals surface area contributed by atoms with E-state index in [0.717, 1.165) is 38.1 Å². The molecular formula is C26H29F3N6O. The lowest BCUT2D eigenvalue weighted by Crippen LogP contribution is -2.28. The number of benzene rings is 2. The van der Waals surface area contributed by atoms with Crippen molar-refractivity contribution in [3.05, 3.63) is 81.4 Å². The summed E-state index contributed by atoms with van der Waals surface area (Å²) in [5.41, 5.74) is 13.2. The summed E-state index contributed by atoms with van der Waals surface area (Å²) in [6.07, 6.45) is 3.38. The highest BCUT2D eigenvalue weighted by Crippen LogP contribution is 2.27. The summed E-state index contributed by atoms with van der Waals surface area (Å²) < 4.78 is 41.9. The molecule has 2 aromatic carbocycles. The normalized spacial score (nSPS) is 13.9. The first kappa shape index (κ1) is 25.6. The largest absolute Gasteiger partial charge is 0.346 e. The van der Waals surface area contributed by atoms with Gasteiger partial charge in [0.1, 0.15) is 17.5 Å². The van der Waals surface area contributed by atoms with Crippen LogP contribution in [-0.2, 0) is 13.0 Å². The van der Waals surface area contributed by atoms with Gasteiger partial charge in [0, 0.05) is 48.1 Å². The van der Waals surface area contributed by atoms with E-state index in [2.05, 4.69) is 20.2 Å². The van der Waals surface area contributed by atoms with E-state index in [0.29, 0.717) is 53.4 Å². The number of anilines is 1. The first-order chi connectivity index (χ1) is 17.4. The van der Waals surface area contributed by atoms with Gasteiger partial charge in [-0.05, 0) is 62.3 Å². The number of fused-ring (bicyclic) bond motifs is 1. The maximum atomic E-state index is 14.9. The molecule has 0 amide bonds. The van der Waals surface area contributed by atoms with E-state index in [1.807, 2.05) is 0 Å². The molecule has 3 aromatic rings. The summed E-state index contributed by atoms with van der Waals surface area (Å²) in [6.45, 7) is 3.06. The van der Waals surface area contributed by atoms with Crippen LogP contribution in [0, 0.1) is 17.5 Å². The zero-order valence-corrected chi connectivity index (χ0v) is 19.8. The third kappa shape index (κ3) is 6.01. The molecule has 190 valence electrons. The first-order valence-electron chi connectivity index (χ1n) is 11.8. The number of nitrogens with two attached hydrogens (primary N) is 2. The third-order valence-electron chi connectivity index (χ3n) is 6.05. The molecule has 0 atom stereocenters. The van der Waals surface area contributed by atoms with Crippen molar-refractivity contribution in [2.24, 2.45) is 16.5 Å². The van der Waals surface area contributed by atoms with Crippen LogP contribution in [0.3, 0.4) is 0 Å². The summed E-state index contributed by atoms with van der Waals surface area (Å²) in [7, 11) is 0. The lowest BCUT2D eigenvalue weighted by atomic mass is 10.0. The van der Waals surface area contributed by atoms with Crippen LogP contribution in [0.1, 0.15) is 24.0 Å². The molecule has 6 N–H and O–H groups in total. The van der Waals surface area contributed by atoms with E-state index in [-0.39, 0.29) is 17.7 Å². The molecule has 36 heavy (non-hydrogen) atoms. The van der Waals surface area contributed by atoms with Crippen molar-refractivity contribution in [3.63, 3.8) is 0 Å². The van der Waals surface area contributed by atoms with E-state index >= 15 is 0 Å². The molecule has 10 heteroatoms. The van der Waals surface area contributed by atoms with Gasteiger partial charge in [-0.2, -0.15) is 0 Å². The van der Waals surface area contributed by atoms with E-state index in [9.17, 15) is 18.0 Å². The molecule has 4 rings (SSSR count). The Bertz CT molecular complexity index is 1280. The fourth-order valence-electron chi connectivity index (χ4n) is 4.18. The number of H-pyrrole nitrogens is 1. The Morgan fingerprint density at radius 2 is 1.67 bits per heavy atom. The van der Waals surface area contributed by atoms with Crippen LogP contribution in [-0.4, -0.2) is 41.9 Å². The Balaban J connectivity index is 1.49. The SMILES string of the molecule is NCCCN(CCCN)Cc1ccc(-c2c[nH]c(N=C3Cc4cc(F)c(F)cc4N3)cc2=O)cc1F. The molecule has 2 heterocycles. The fraction of sp³-hybridized carbons (Fsp3) is 0.308. The van der Waals surface area contributed by atoms with Crippen molar-refractivity contribution >= 4 is 17.3 Å². The van der Waals surface area contributed by atoms with Crippen molar-refractivity contribution in [1.29, 1.82) is 0 Å².